The molecule has 0 aliphatic carbocycles. The van der Waals surface area contributed by atoms with Gasteiger partial charge in [0.25, 0.3) is 15.9 Å². The number of pyridine rings is 1. The Balaban J connectivity index is 1.49. The van der Waals surface area contributed by atoms with Gasteiger partial charge < -0.3 is 4.98 Å². The molecule has 3 aromatic carbocycles. The van der Waals surface area contributed by atoms with Crippen molar-refractivity contribution >= 4 is 60.9 Å². The fourth-order valence-corrected chi connectivity index (χ4v) is 5.77. The van der Waals surface area contributed by atoms with Crippen LogP contribution in [0.15, 0.2) is 77.8 Å². The normalized spacial score (nSPS) is 11.7. The largest absolute Gasteiger partial charge is 0.358 e. The van der Waals surface area contributed by atoms with Crippen LogP contribution in [0.5, 0.6) is 0 Å². The van der Waals surface area contributed by atoms with Crippen molar-refractivity contribution in [1.82, 2.24) is 14.7 Å². The highest BCUT2D eigenvalue weighted by Crippen LogP contribution is 2.30. The smallest absolute Gasteiger partial charge is 0.266 e. The second-order valence-corrected chi connectivity index (χ2v) is 10.7. The number of aryl methyl sites for hydroxylation is 1. The molecule has 6 nitrogen and oxygen atoms in total. The van der Waals surface area contributed by atoms with Crippen LogP contribution in [0, 0.1) is 6.92 Å². The van der Waals surface area contributed by atoms with Gasteiger partial charge in [-0.3, -0.25) is 9.78 Å². The Labute approximate surface area is 212 Å². The zero-order chi connectivity index (χ0) is 24.7. The average Bonchev–Trinajstić information content (AvgIpc) is 3.14. The van der Waals surface area contributed by atoms with Crippen LogP contribution in [-0.2, 0) is 16.4 Å². The number of nitrogens with zero attached hydrogens (tertiary/aromatic N) is 1. The zero-order valence-corrected chi connectivity index (χ0v) is 20.8. The van der Waals surface area contributed by atoms with Crippen molar-refractivity contribution in [2.45, 2.75) is 18.2 Å². The van der Waals surface area contributed by atoms with E-state index in [2.05, 4.69) is 14.7 Å². The first-order valence-electron chi connectivity index (χ1n) is 10.7. The fourth-order valence-electron chi connectivity index (χ4n) is 4.14. The quantitative estimate of drug-likeness (QED) is 0.293. The minimum Gasteiger partial charge on any atom is -0.358 e. The molecule has 0 atom stereocenters. The number of sulfonamides is 1. The first-order valence-corrected chi connectivity index (χ1v) is 12.9. The van der Waals surface area contributed by atoms with Gasteiger partial charge >= 0.3 is 0 Å². The number of hydrogen-bond donors (Lipinski definition) is 2. The number of aromatic nitrogens is 2. The van der Waals surface area contributed by atoms with Gasteiger partial charge in [0.05, 0.1) is 5.52 Å². The van der Waals surface area contributed by atoms with Gasteiger partial charge in [-0.25, -0.2) is 13.1 Å². The Morgan fingerprint density at radius 3 is 2.63 bits per heavy atom. The number of aromatic amines is 1. The molecule has 0 saturated heterocycles. The van der Waals surface area contributed by atoms with E-state index in [0.717, 1.165) is 27.7 Å². The lowest BCUT2D eigenvalue weighted by Crippen LogP contribution is -2.30. The molecule has 1 amide bonds. The lowest BCUT2D eigenvalue weighted by Gasteiger charge is -2.10. The summed E-state index contributed by atoms with van der Waals surface area (Å²) in [7, 11) is -4.15. The van der Waals surface area contributed by atoms with Crippen molar-refractivity contribution in [3.8, 4) is 0 Å². The molecule has 0 spiro atoms. The summed E-state index contributed by atoms with van der Waals surface area (Å²) in [6.07, 6.45) is 2.03. The van der Waals surface area contributed by atoms with Crippen LogP contribution in [0.3, 0.4) is 0 Å². The third kappa shape index (κ3) is 4.50. The fraction of sp³-hybridized carbons (Fsp3) is 0.0769. The van der Waals surface area contributed by atoms with Crippen LogP contribution >= 0.6 is 23.2 Å². The molecular weight excluding hydrogens is 505 g/mol. The van der Waals surface area contributed by atoms with Gasteiger partial charge in [-0.2, -0.15) is 0 Å². The van der Waals surface area contributed by atoms with Crippen molar-refractivity contribution in [3.63, 3.8) is 0 Å². The van der Waals surface area contributed by atoms with Crippen molar-refractivity contribution in [2.24, 2.45) is 0 Å². The number of H-pyrrole nitrogens is 1. The van der Waals surface area contributed by atoms with Crippen molar-refractivity contribution < 1.29 is 13.2 Å². The molecule has 9 heteroatoms. The van der Waals surface area contributed by atoms with E-state index in [-0.39, 0.29) is 10.5 Å². The second-order valence-electron chi connectivity index (χ2n) is 8.17. The van der Waals surface area contributed by atoms with Gasteiger partial charge in [0.15, 0.2) is 0 Å². The summed E-state index contributed by atoms with van der Waals surface area (Å²) in [6.45, 7) is 1.94. The molecule has 2 heterocycles. The molecule has 0 fully saturated rings. The number of fused-ring (bicyclic) bond motifs is 2. The number of para-hydroxylation sites is 1. The number of carbonyl (C=O) groups is 1. The molecule has 0 aliphatic heterocycles. The van der Waals surface area contributed by atoms with Gasteiger partial charge in [-0.1, -0.05) is 47.5 Å². The summed E-state index contributed by atoms with van der Waals surface area (Å²) in [5.74, 6) is -0.728. The zero-order valence-electron chi connectivity index (χ0n) is 18.5. The van der Waals surface area contributed by atoms with Crippen LogP contribution in [0.1, 0.15) is 27.2 Å². The van der Waals surface area contributed by atoms with Crippen LogP contribution in [-0.4, -0.2) is 24.3 Å². The molecule has 0 saturated carbocycles. The van der Waals surface area contributed by atoms with Crippen LogP contribution in [0.4, 0.5) is 0 Å². The molecule has 5 rings (SSSR count). The van der Waals surface area contributed by atoms with Gasteiger partial charge in [-0.15, -0.1) is 0 Å². The number of benzene rings is 3. The van der Waals surface area contributed by atoms with Crippen molar-refractivity contribution in [3.05, 3.63) is 105 Å². The van der Waals surface area contributed by atoms with Crippen LogP contribution in [0.25, 0.3) is 21.8 Å². The third-order valence-electron chi connectivity index (χ3n) is 5.88. The molecule has 2 aromatic heterocycles. The van der Waals surface area contributed by atoms with E-state index in [1.54, 1.807) is 54.6 Å². The maximum Gasteiger partial charge on any atom is 0.266 e. The minimum atomic E-state index is -4.15. The summed E-state index contributed by atoms with van der Waals surface area (Å²) in [5, 5.41) is 2.58. The highest BCUT2D eigenvalue weighted by Gasteiger charge is 2.22. The van der Waals surface area contributed by atoms with E-state index in [1.165, 1.54) is 12.3 Å². The van der Waals surface area contributed by atoms with Gasteiger partial charge in [0, 0.05) is 50.2 Å². The number of amides is 1. The van der Waals surface area contributed by atoms with E-state index in [1.807, 2.05) is 13.0 Å². The molecule has 0 unspecified atom stereocenters. The average molecular weight is 524 g/mol. The van der Waals surface area contributed by atoms with E-state index >= 15 is 0 Å². The van der Waals surface area contributed by atoms with E-state index in [0.29, 0.717) is 27.4 Å². The van der Waals surface area contributed by atoms with Crippen molar-refractivity contribution in [2.75, 3.05) is 0 Å². The minimum absolute atomic E-state index is 0.0550. The Bertz CT molecular complexity index is 1720. The second kappa shape index (κ2) is 9.00. The summed E-state index contributed by atoms with van der Waals surface area (Å²) in [5.41, 5.74) is 4.13. The summed E-state index contributed by atoms with van der Waals surface area (Å²) in [4.78, 5) is 20.5. The molecule has 2 N–H and O–H groups in total. The molecule has 0 aliphatic rings. The van der Waals surface area contributed by atoms with Crippen LogP contribution in [0.2, 0.25) is 10.0 Å². The first-order chi connectivity index (χ1) is 16.7. The predicted octanol–water partition coefficient (Wildman–Crippen LogP) is 6.04. The van der Waals surface area contributed by atoms with E-state index in [4.69, 9.17) is 23.2 Å². The summed E-state index contributed by atoms with van der Waals surface area (Å²) >= 11 is 12.4. The Morgan fingerprint density at radius 1 is 1.03 bits per heavy atom. The molecule has 35 heavy (non-hydrogen) atoms. The Hall–Kier alpha value is -3.39. The number of hydrogen-bond acceptors (Lipinski definition) is 4. The van der Waals surface area contributed by atoms with Gasteiger partial charge in [0.1, 0.15) is 4.90 Å². The predicted molar refractivity (Wildman–Crippen MR) is 139 cm³/mol. The summed E-state index contributed by atoms with van der Waals surface area (Å²) < 4.78 is 28.3. The molecule has 0 bridgehead atoms. The maximum absolute atomic E-state index is 13.1. The number of rotatable bonds is 5. The van der Waals surface area contributed by atoms with Crippen molar-refractivity contribution in [1.29, 1.82) is 0 Å². The number of nitrogens with one attached hydrogen (secondary N) is 2. The van der Waals surface area contributed by atoms with Gasteiger partial charge in [0.2, 0.25) is 0 Å². The molecule has 5 aromatic rings. The molecule has 0 radical (unpaired) electrons. The summed E-state index contributed by atoms with van der Waals surface area (Å²) in [6, 6.07) is 18.7. The Morgan fingerprint density at radius 2 is 1.83 bits per heavy atom. The lowest BCUT2D eigenvalue weighted by molar-refractivity contribution is 0.0981. The third-order valence-corrected chi connectivity index (χ3v) is 7.83. The highest BCUT2D eigenvalue weighted by atomic mass is 35.5. The topological polar surface area (TPSA) is 91.9 Å². The first kappa shape index (κ1) is 23.4. The molecular formula is C26H19Cl2N3O3S. The maximum atomic E-state index is 13.1. The van der Waals surface area contributed by atoms with E-state index in [9.17, 15) is 13.2 Å². The van der Waals surface area contributed by atoms with E-state index < -0.39 is 15.9 Å². The molecule has 176 valence electrons. The standard InChI is InChI=1S/C26H19Cl2N3O3S/c1-15-20(12-17-7-9-19(27)14-22(17)28)21-13-18(8-10-23(21)30-15)26(32)31-35(33,34)24-6-2-4-16-5-3-11-29-25(16)24/h2-11,13-14,30H,12H2,1H3,(H,31,32). The lowest BCUT2D eigenvalue weighted by atomic mass is 10.0. The number of carbonyl (C=O) groups excluding carboxylic acids is 1. The monoisotopic (exact) mass is 523 g/mol. The van der Waals surface area contributed by atoms with Crippen LogP contribution < -0.4 is 4.72 Å². The Kier molecular flexibility index (Phi) is 6.01. The SMILES string of the molecule is Cc1[nH]c2ccc(C(=O)NS(=O)(=O)c3cccc4cccnc34)cc2c1Cc1ccc(Cl)cc1Cl. The van der Waals surface area contributed by atoms with Gasteiger partial charge in [-0.05, 0) is 60.5 Å². The number of halogens is 2. The highest BCUT2D eigenvalue weighted by molar-refractivity contribution is 7.90.